The summed E-state index contributed by atoms with van der Waals surface area (Å²) in [4.78, 5) is 11.2. The molecule has 0 spiro atoms. The average Bonchev–Trinajstić information content (AvgIpc) is 3.16. The van der Waals surface area contributed by atoms with Crippen molar-refractivity contribution >= 4 is 12.2 Å². The van der Waals surface area contributed by atoms with Gasteiger partial charge in [-0.15, -0.1) is 10.2 Å². The molecule has 1 aromatic carbocycles. The van der Waals surface area contributed by atoms with E-state index in [9.17, 15) is 9.90 Å². The van der Waals surface area contributed by atoms with Gasteiger partial charge in [-0.1, -0.05) is 18.2 Å². The van der Waals surface area contributed by atoms with Crippen LogP contribution < -0.4 is 0 Å². The Morgan fingerprint density at radius 2 is 1.95 bits per heavy atom. The van der Waals surface area contributed by atoms with Crippen molar-refractivity contribution in [2.24, 2.45) is 5.10 Å². The fourth-order valence-corrected chi connectivity index (χ4v) is 1.83. The van der Waals surface area contributed by atoms with Crippen LogP contribution in [0.2, 0.25) is 0 Å². The summed E-state index contributed by atoms with van der Waals surface area (Å²) in [5.41, 5.74) is 0.711. The second kappa shape index (κ2) is 5.41. The molecule has 0 bridgehead atoms. The van der Waals surface area contributed by atoms with Gasteiger partial charge in [0.05, 0.1) is 11.8 Å². The highest BCUT2D eigenvalue weighted by Crippen LogP contribution is 2.25. The molecule has 21 heavy (non-hydrogen) atoms. The van der Waals surface area contributed by atoms with Crippen molar-refractivity contribution < 1.29 is 14.3 Å². The summed E-state index contributed by atoms with van der Waals surface area (Å²) >= 11 is 0. The molecule has 7 nitrogen and oxygen atoms in total. The molecular formula is C14H10N4O3. The predicted molar refractivity (Wildman–Crippen MR) is 74.1 cm³/mol. The molecule has 104 valence electrons. The molecule has 0 saturated heterocycles. The molecule has 0 atom stereocenters. The van der Waals surface area contributed by atoms with Crippen LogP contribution in [-0.4, -0.2) is 32.2 Å². The van der Waals surface area contributed by atoms with Gasteiger partial charge in [-0.2, -0.15) is 5.10 Å². The fraction of sp³-hybridized carbons (Fsp3) is 0. The zero-order valence-electron chi connectivity index (χ0n) is 10.7. The third kappa shape index (κ3) is 2.71. The number of nitrogens with zero attached hydrogens (tertiary/aromatic N) is 4. The molecule has 0 fully saturated rings. The molecule has 0 saturated carbocycles. The Morgan fingerprint density at radius 1 is 1.19 bits per heavy atom. The normalized spacial score (nSPS) is 11.0. The Hall–Kier alpha value is -3.22. The topological polar surface area (TPSA) is 93.5 Å². The van der Waals surface area contributed by atoms with Crippen molar-refractivity contribution in [1.29, 1.82) is 0 Å². The van der Waals surface area contributed by atoms with Gasteiger partial charge in [-0.05, 0) is 18.2 Å². The van der Waals surface area contributed by atoms with E-state index in [1.807, 2.05) is 0 Å². The molecule has 3 aromatic rings. The van der Waals surface area contributed by atoms with Crippen molar-refractivity contribution in [3.05, 3.63) is 60.4 Å². The lowest BCUT2D eigenvalue weighted by molar-refractivity contribution is 0.0697. The second-order valence-electron chi connectivity index (χ2n) is 4.14. The van der Waals surface area contributed by atoms with Crippen molar-refractivity contribution in [2.45, 2.75) is 0 Å². The van der Waals surface area contributed by atoms with Crippen LogP contribution in [-0.2, 0) is 0 Å². The first-order valence-electron chi connectivity index (χ1n) is 6.05. The Labute approximate surface area is 119 Å². The summed E-state index contributed by atoms with van der Waals surface area (Å²) in [7, 11) is 0. The van der Waals surface area contributed by atoms with Gasteiger partial charge in [0.15, 0.2) is 0 Å². The van der Waals surface area contributed by atoms with Gasteiger partial charge in [0.1, 0.15) is 24.2 Å². The first-order valence-corrected chi connectivity index (χ1v) is 6.05. The van der Waals surface area contributed by atoms with Gasteiger partial charge in [0.2, 0.25) is 0 Å². The van der Waals surface area contributed by atoms with Crippen LogP contribution >= 0.6 is 0 Å². The summed E-state index contributed by atoms with van der Waals surface area (Å²) < 4.78 is 7.02. The molecule has 0 amide bonds. The summed E-state index contributed by atoms with van der Waals surface area (Å²) in [6.07, 6.45) is 4.39. The summed E-state index contributed by atoms with van der Waals surface area (Å²) in [6, 6.07) is 10.1. The zero-order valence-corrected chi connectivity index (χ0v) is 10.7. The van der Waals surface area contributed by atoms with E-state index in [1.54, 1.807) is 30.3 Å². The van der Waals surface area contributed by atoms with E-state index in [0.717, 1.165) is 0 Å². The van der Waals surface area contributed by atoms with E-state index < -0.39 is 5.97 Å². The number of benzene rings is 1. The number of hydrogen-bond donors (Lipinski definition) is 1. The smallest absolute Gasteiger partial charge is 0.336 e. The largest absolute Gasteiger partial charge is 0.478 e. The molecule has 2 aromatic heterocycles. The predicted octanol–water partition coefficient (Wildman–Crippen LogP) is 2.12. The molecule has 0 radical (unpaired) electrons. The molecule has 0 aliphatic heterocycles. The molecule has 0 unspecified atom stereocenters. The first-order chi connectivity index (χ1) is 10.2. The number of carboxylic acids is 1. The molecule has 3 rings (SSSR count). The Bertz CT molecular complexity index is 790. The van der Waals surface area contributed by atoms with E-state index in [-0.39, 0.29) is 5.56 Å². The highest BCUT2D eigenvalue weighted by Gasteiger charge is 2.13. The SMILES string of the molecule is O=C(O)c1ccccc1-c1ccc(/C=N\n2cnnc2)o1. The molecule has 0 aliphatic carbocycles. The Balaban J connectivity index is 1.90. The minimum Gasteiger partial charge on any atom is -0.478 e. The fourth-order valence-electron chi connectivity index (χ4n) is 1.83. The zero-order chi connectivity index (χ0) is 14.7. The van der Waals surface area contributed by atoms with Crippen molar-refractivity contribution in [1.82, 2.24) is 14.9 Å². The maximum atomic E-state index is 11.2. The summed E-state index contributed by atoms with van der Waals surface area (Å²) in [6.45, 7) is 0. The van der Waals surface area contributed by atoms with Crippen LogP contribution in [0.5, 0.6) is 0 Å². The van der Waals surface area contributed by atoms with E-state index in [1.165, 1.54) is 29.6 Å². The highest BCUT2D eigenvalue weighted by atomic mass is 16.4. The Morgan fingerprint density at radius 3 is 2.71 bits per heavy atom. The lowest BCUT2D eigenvalue weighted by Crippen LogP contribution is -1.98. The standard InChI is InChI=1S/C14H10N4O3/c19-14(20)12-4-2-1-3-11(12)13-6-5-10(21-13)7-17-18-8-15-16-9-18/h1-9H,(H,19,20)/b17-7-. The van der Waals surface area contributed by atoms with E-state index in [4.69, 9.17) is 4.42 Å². The molecule has 1 N–H and O–H groups in total. The quantitative estimate of drug-likeness (QED) is 0.740. The van der Waals surface area contributed by atoms with Crippen LogP contribution in [0.1, 0.15) is 16.1 Å². The second-order valence-corrected chi connectivity index (χ2v) is 4.14. The number of furan rings is 1. The molecule has 7 heteroatoms. The maximum Gasteiger partial charge on any atom is 0.336 e. The van der Waals surface area contributed by atoms with Gasteiger partial charge >= 0.3 is 5.97 Å². The highest BCUT2D eigenvalue weighted by molar-refractivity contribution is 5.95. The minimum atomic E-state index is -0.998. The molecule has 2 heterocycles. The van der Waals surface area contributed by atoms with Crippen LogP contribution in [0.3, 0.4) is 0 Å². The maximum absolute atomic E-state index is 11.2. The van der Waals surface area contributed by atoms with Gasteiger partial charge in [0, 0.05) is 5.56 Å². The van der Waals surface area contributed by atoms with E-state index >= 15 is 0 Å². The van der Waals surface area contributed by atoms with Crippen molar-refractivity contribution in [3.8, 4) is 11.3 Å². The van der Waals surface area contributed by atoms with E-state index in [2.05, 4.69) is 15.3 Å². The van der Waals surface area contributed by atoms with Crippen LogP contribution in [0.15, 0.2) is 58.6 Å². The Kier molecular flexibility index (Phi) is 3.30. The number of hydrogen-bond acceptors (Lipinski definition) is 5. The minimum absolute atomic E-state index is 0.189. The van der Waals surface area contributed by atoms with Gasteiger partial charge in [-0.25, -0.2) is 9.47 Å². The van der Waals surface area contributed by atoms with Gasteiger partial charge in [-0.3, -0.25) is 0 Å². The van der Waals surface area contributed by atoms with Gasteiger partial charge < -0.3 is 9.52 Å². The van der Waals surface area contributed by atoms with E-state index in [0.29, 0.717) is 17.1 Å². The average molecular weight is 282 g/mol. The lowest BCUT2D eigenvalue weighted by Gasteiger charge is -2.01. The third-order valence-corrected chi connectivity index (χ3v) is 2.77. The third-order valence-electron chi connectivity index (χ3n) is 2.77. The molecule has 0 aliphatic rings. The first kappa shape index (κ1) is 12.8. The molecular weight excluding hydrogens is 272 g/mol. The number of rotatable bonds is 4. The lowest BCUT2D eigenvalue weighted by atomic mass is 10.1. The number of carbonyl (C=O) groups is 1. The van der Waals surface area contributed by atoms with Gasteiger partial charge in [0.25, 0.3) is 0 Å². The summed E-state index contributed by atoms with van der Waals surface area (Å²) in [5, 5.41) is 20.5. The number of carboxylic acid groups (broad SMARTS) is 1. The number of aromatic carboxylic acids is 1. The van der Waals surface area contributed by atoms with Crippen LogP contribution in [0.25, 0.3) is 11.3 Å². The van der Waals surface area contributed by atoms with Crippen LogP contribution in [0.4, 0.5) is 0 Å². The monoisotopic (exact) mass is 282 g/mol. The number of aromatic nitrogens is 3. The summed E-state index contributed by atoms with van der Waals surface area (Å²) in [5.74, 6) is -0.0289. The van der Waals surface area contributed by atoms with Crippen molar-refractivity contribution in [3.63, 3.8) is 0 Å². The van der Waals surface area contributed by atoms with Crippen molar-refractivity contribution in [2.75, 3.05) is 0 Å². The van der Waals surface area contributed by atoms with Crippen LogP contribution in [0, 0.1) is 0 Å².